The number of hydrogen-bond acceptors (Lipinski definition) is 7. The Hall–Kier alpha value is -2.90. The molecule has 0 radical (unpaired) electrons. The van der Waals surface area contributed by atoms with Crippen molar-refractivity contribution in [2.45, 2.75) is 38.7 Å². The van der Waals surface area contributed by atoms with Crippen molar-refractivity contribution in [2.75, 3.05) is 13.7 Å². The predicted octanol–water partition coefficient (Wildman–Crippen LogP) is 2.10. The van der Waals surface area contributed by atoms with Gasteiger partial charge in [-0.1, -0.05) is 12.2 Å². The van der Waals surface area contributed by atoms with Crippen LogP contribution in [0.3, 0.4) is 0 Å². The van der Waals surface area contributed by atoms with Crippen molar-refractivity contribution in [1.29, 1.82) is 10.5 Å². The lowest BCUT2D eigenvalue weighted by atomic mass is 9.68. The molecule has 3 rings (SSSR count). The summed E-state index contributed by atoms with van der Waals surface area (Å²) in [6.45, 7) is 1.22. The largest absolute Gasteiger partial charge is 0.469 e. The Morgan fingerprint density at radius 2 is 2.07 bits per heavy atom. The third-order valence-corrected chi connectivity index (χ3v) is 5.84. The number of hydrogen-bond donors (Lipinski definition) is 1. The smallest absolute Gasteiger partial charge is 0.309 e. The number of methoxy groups -OCH3 is 1. The highest BCUT2D eigenvalue weighted by molar-refractivity contribution is 5.73. The molecule has 7 heteroatoms. The number of carbonyl (C=O) groups is 2. The quantitative estimate of drug-likeness (QED) is 0.586. The molecule has 7 nitrogen and oxygen atoms in total. The third-order valence-electron chi connectivity index (χ3n) is 5.84. The second kappa shape index (κ2) is 7.61. The van der Waals surface area contributed by atoms with Gasteiger partial charge in [0.05, 0.1) is 31.3 Å². The molecule has 1 N–H and O–H groups in total. The van der Waals surface area contributed by atoms with Crippen molar-refractivity contribution < 1.29 is 24.2 Å². The molecule has 0 spiro atoms. The summed E-state index contributed by atoms with van der Waals surface area (Å²) in [5, 5.41) is 30.3. The normalized spacial score (nSPS) is 27.8. The van der Waals surface area contributed by atoms with Crippen LogP contribution in [0.5, 0.6) is 0 Å². The van der Waals surface area contributed by atoms with Gasteiger partial charge >= 0.3 is 11.9 Å². The molecule has 3 aliphatic carbocycles. The van der Waals surface area contributed by atoms with Crippen LogP contribution in [0.1, 0.15) is 32.6 Å². The Balaban J connectivity index is 2.08. The summed E-state index contributed by atoms with van der Waals surface area (Å²) in [5.41, 5.74) is 1.42. The van der Waals surface area contributed by atoms with E-state index in [-0.39, 0.29) is 30.8 Å². The number of carbonyl (C=O) groups excluding carboxylic acids is 2. The second-order valence-electron chi connectivity index (χ2n) is 7.46. The molecule has 0 aromatic carbocycles. The van der Waals surface area contributed by atoms with Crippen molar-refractivity contribution in [3.63, 3.8) is 0 Å². The Morgan fingerprint density at radius 1 is 1.36 bits per heavy atom. The van der Waals surface area contributed by atoms with Gasteiger partial charge in [-0.05, 0) is 35.1 Å². The maximum atomic E-state index is 12.0. The number of rotatable bonds is 3. The van der Waals surface area contributed by atoms with Crippen LogP contribution in [0.15, 0.2) is 34.4 Å². The van der Waals surface area contributed by atoms with Gasteiger partial charge in [-0.2, -0.15) is 10.5 Å². The van der Waals surface area contributed by atoms with Gasteiger partial charge in [0.25, 0.3) is 0 Å². The number of ether oxygens (including phenoxy) is 2. The van der Waals surface area contributed by atoms with E-state index in [0.29, 0.717) is 36.0 Å². The minimum atomic E-state index is -1.38. The maximum Gasteiger partial charge on any atom is 0.309 e. The van der Waals surface area contributed by atoms with Crippen molar-refractivity contribution in [2.24, 2.45) is 17.3 Å². The van der Waals surface area contributed by atoms with Crippen LogP contribution in [-0.2, 0) is 19.1 Å². The van der Waals surface area contributed by atoms with Gasteiger partial charge in [-0.25, -0.2) is 0 Å². The number of allylic oxidation sites excluding steroid dienone is 4. The highest BCUT2D eigenvalue weighted by Gasteiger charge is 2.47. The molecule has 3 unspecified atom stereocenters. The van der Waals surface area contributed by atoms with Crippen LogP contribution < -0.4 is 0 Å². The van der Waals surface area contributed by atoms with Crippen LogP contribution in [0.25, 0.3) is 0 Å². The minimum absolute atomic E-state index is 0.0649. The second-order valence-corrected chi connectivity index (χ2v) is 7.46. The minimum Gasteiger partial charge on any atom is -0.469 e. The summed E-state index contributed by atoms with van der Waals surface area (Å²) in [5.74, 6) is -1.36. The fourth-order valence-corrected chi connectivity index (χ4v) is 4.42. The van der Waals surface area contributed by atoms with Gasteiger partial charge < -0.3 is 14.6 Å². The molecule has 0 saturated carbocycles. The van der Waals surface area contributed by atoms with E-state index < -0.39 is 17.5 Å². The molecular weight excluding hydrogens is 360 g/mol. The average Bonchev–Trinajstić information content (AvgIpc) is 2.89. The lowest BCUT2D eigenvalue weighted by molar-refractivity contribution is -0.146. The zero-order chi connectivity index (χ0) is 20.5. The number of aliphatic hydroxyl groups excluding tert-OH is 1. The van der Waals surface area contributed by atoms with Crippen LogP contribution >= 0.6 is 0 Å². The molecule has 28 heavy (non-hydrogen) atoms. The summed E-state index contributed by atoms with van der Waals surface area (Å²) in [7, 11) is 1.34. The monoisotopic (exact) mass is 382 g/mol. The lowest BCUT2D eigenvalue weighted by Gasteiger charge is -2.32. The number of esters is 2. The van der Waals surface area contributed by atoms with Gasteiger partial charge in [0.2, 0.25) is 0 Å². The highest BCUT2D eigenvalue weighted by Crippen LogP contribution is 2.51. The van der Waals surface area contributed by atoms with Gasteiger partial charge in [-0.15, -0.1) is 0 Å². The molecule has 0 heterocycles. The van der Waals surface area contributed by atoms with E-state index >= 15 is 0 Å². The maximum absolute atomic E-state index is 12.0. The van der Waals surface area contributed by atoms with Crippen molar-refractivity contribution >= 4 is 11.9 Å². The van der Waals surface area contributed by atoms with Crippen molar-refractivity contribution in [3.05, 3.63) is 34.4 Å². The lowest BCUT2D eigenvalue weighted by Crippen LogP contribution is -2.30. The Bertz CT molecular complexity index is 869. The fraction of sp³-hybridized carbons (Fsp3) is 0.524. The first-order chi connectivity index (χ1) is 13.3. The van der Waals surface area contributed by atoms with E-state index in [9.17, 15) is 25.2 Å². The zero-order valence-corrected chi connectivity index (χ0v) is 15.9. The number of fused-ring (bicyclic) bond motifs is 2. The van der Waals surface area contributed by atoms with Gasteiger partial charge in [0, 0.05) is 25.7 Å². The molecular formula is C21H22N2O5. The van der Waals surface area contributed by atoms with E-state index in [1.807, 2.05) is 12.2 Å². The molecule has 0 aliphatic heterocycles. The third kappa shape index (κ3) is 3.34. The van der Waals surface area contributed by atoms with Crippen LogP contribution in [0.4, 0.5) is 0 Å². The van der Waals surface area contributed by atoms with E-state index in [1.165, 1.54) is 14.0 Å². The van der Waals surface area contributed by atoms with Gasteiger partial charge in [0.15, 0.2) is 5.41 Å². The van der Waals surface area contributed by atoms with E-state index in [0.717, 1.165) is 5.57 Å². The molecule has 3 aliphatic rings. The van der Waals surface area contributed by atoms with Crippen LogP contribution in [0, 0.1) is 39.9 Å². The molecule has 0 saturated heterocycles. The average molecular weight is 382 g/mol. The van der Waals surface area contributed by atoms with E-state index in [2.05, 4.69) is 12.1 Å². The first-order valence-electron chi connectivity index (χ1n) is 9.20. The summed E-state index contributed by atoms with van der Waals surface area (Å²) < 4.78 is 9.94. The molecule has 0 fully saturated rings. The number of nitriles is 2. The van der Waals surface area contributed by atoms with Crippen LogP contribution in [0.2, 0.25) is 0 Å². The zero-order valence-electron chi connectivity index (χ0n) is 15.9. The summed E-state index contributed by atoms with van der Waals surface area (Å²) in [6.07, 6.45) is 4.31. The van der Waals surface area contributed by atoms with Gasteiger partial charge in [0.1, 0.15) is 6.61 Å². The topological polar surface area (TPSA) is 120 Å². The van der Waals surface area contributed by atoms with Crippen LogP contribution in [-0.4, -0.2) is 36.9 Å². The fourth-order valence-electron chi connectivity index (χ4n) is 4.42. The van der Waals surface area contributed by atoms with E-state index in [1.54, 1.807) is 0 Å². The molecule has 146 valence electrons. The SMILES string of the molecule is COC(=O)C1CC=C2C(C=C3CC(O)C(COC(C)=O)=C3CC2(C#N)C#N)C1. The molecule has 0 aromatic heterocycles. The predicted molar refractivity (Wildman–Crippen MR) is 97.0 cm³/mol. The Morgan fingerprint density at radius 3 is 2.68 bits per heavy atom. The number of aliphatic hydroxyl groups is 1. The summed E-state index contributed by atoms with van der Waals surface area (Å²) >= 11 is 0. The summed E-state index contributed by atoms with van der Waals surface area (Å²) in [4.78, 5) is 23.2. The molecule has 0 aromatic rings. The first-order valence-corrected chi connectivity index (χ1v) is 9.20. The molecule has 0 bridgehead atoms. The van der Waals surface area contributed by atoms with Crippen molar-refractivity contribution in [3.8, 4) is 12.1 Å². The highest BCUT2D eigenvalue weighted by atomic mass is 16.5. The Kier molecular flexibility index (Phi) is 5.40. The Labute approximate surface area is 163 Å². The van der Waals surface area contributed by atoms with Gasteiger partial charge in [-0.3, -0.25) is 9.59 Å². The molecule has 0 amide bonds. The molecule has 3 atom stereocenters. The number of nitrogens with zero attached hydrogens (tertiary/aromatic N) is 2. The standard InChI is InChI=1S/C21H22N2O5/c1-12(24)28-9-17-16-8-21(10-22,11-23)18-4-3-13(20(26)27-2)5-15(18)6-14(16)7-19(17)25/h4,6,13,15,19,25H,3,5,7-9H2,1-2H3. The first kappa shape index (κ1) is 19.9. The summed E-state index contributed by atoms with van der Waals surface area (Å²) in [6, 6.07) is 4.35. The van der Waals surface area contributed by atoms with Crippen molar-refractivity contribution in [1.82, 2.24) is 0 Å². The van der Waals surface area contributed by atoms with E-state index in [4.69, 9.17) is 9.47 Å².